The first-order chi connectivity index (χ1) is 21.9. The summed E-state index contributed by atoms with van der Waals surface area (Å²) in [6.45, 7) is 0.534. The Morgan fingerprint density at radius 2 is 1.37 bits per heavy atom. The topological polar surface area (TPSA) is 160 Å². The average molecular weight is 645 g/mol. The smallest absolute Gasteiger partial charge is 0.389 e. The van der Waals surface area contributed by atoms with Gasteiger partial charge in [-0.3, -0.25) is 0 Å². The molecule has 0 aromatic heterocycles. The van der Waals surface area contributed by atoms with Gasteiger partial charge in [0.05, 0.1) is 42.3 Å². The summed E-state index contributed by atoms with van der Waals surface area (Å²) in [4.78, 5) is 35.5. The number of alkyl halides is 3. The predicted molar refractivity (Wildman–Crippen MR) is 165 cm³/mol. The maximum absolute atomic E-state index is 12.4. The fraction of sp³-hybridized carbons (Fsp3) is 0.303. The third-order valence-electron chi connectivity index (χ3n) is 6.48. The monoisotopic (exact) mass is 644 g/mol. The number of carboxylic acids is 1. The Morgan fingerprint density at radius 1 is 0.739 bits per heavy atom. The summed E-state index contributed by atoms with van der Waals surface area (Å²) in [5.74, 6) is -1.32. The average Bonchev–Trinajstić information content (AvgIpc) is 3.02. The van der Waals surface area contributed by atoms with Crippen molar-refractivity contribution in [2.75, 3.05) is 31.3 Å². The van der Waals surface area contributed by atoms with Gasteiger partial charge in [0, 0.05) is 12.5 Å². The first kappa shape index (κ1) is 35.3. The van der Waals surface area contributed by atoms with E-state index in [9.17, 15) is 27.6 Å². The Morgan fingerprint density at radius 3 is 2.02 bits per heavy atom. The van der Waals surface area contributed by atoms with Crippen LogP contribution in [0.25, 0.3) is 6.08 Å². The van der Waals surface area contributed by atoms with Gasteiger partial charge in [-0.05, 0) is 92.3 Å². The van der Waals surface area contributed by atoms with Gasteiger partial charge in [0.2, 0.25) is 0 Å². The Kier molecular flexibility index (Phi) is 13.3. The van der Waals surface area contributed by atoms with Gasteiger partial charge in [-0.1, -0.05) is 12.1 Å². The van der Waals surface area contributed by atoms with Crippen LogP contribution >= 0.6 is 0 Å². The number of hydrogen-bond donors (Lipinski definition) is 3. The van der Waals surface area contributed by atoms with Crippen molar-refractivity contribution >= 4 is 35.4 Å². The van der Waals surface area contributed by atoms with Crippen LogP contribution in [0.1, 0.15) is 64.8 Å². The van der Waals surface area contributed by atoms with Crippen LogP contribution in [-0.2, 0) is 9.53 Å². The second-order valence-corrected chi connectivity index (χ2v) is 10.1. The van der Waals surface area contributed by atoms with Crippen LogP contribution in [0.3, 0.4) is 0 Å². The molecule has 0 aliphatic heterocycles. The number of anilines is 2. The van der Waals surface area contributed by atoms with Crippen molar-refractivity contribution in [1.82, 2.24) is 0 Å². The van der Waals surface area contributed by atoms with Crippen molar-refractivity contribution in [2.24, 2.45) is 0 Å². The Hall–Kier alpha value is -5.20. The van der Waals surface area contributed by atoms with Crippen molar-refractivity contribution in [3.05, 3.63) is 83.4 Å². The lowest BCUT2D eigenvalue weighted by atomic mass is 10.1. The molecule has 5 N–H and O–H groups in total. The Bertz CT molecular complexity index is 1490. The molecular formula is C33H35F3N2O8. The SMILES string of the molecule is Nc1c(OCCCCCCOC(=O)/C=C/c2ccc(OC(=O)c3ccc(OCCCC(F)(F)F)cc3)cc2)ccc(C(=O)O)c1N. The molecule has 0 atom stereocenters. The summed E-state index contributed by atoms with van der Waals surface area (Å²) in [5, 5.41) is 9.07. The quantitative estimate of drug-likeness (QED) is 0.0475. The molecule has 46 heavy (non-hydrogen) atoms. The fourth-order valence-corrected chi connectivity index (χ4v) is 4.02. The first-order valence-electron chi connectivity index (χ1n) is 14.4. The number of aromatic carboxylic acids is 1. The maximum Gasteiger partial charge on any atom is 0.389 e. The van der Waals surface area contributed by atoms with E-state index in [1.807, 2.05) is 0 Å². The lowest BCUT2D eigenvalue weighted by Crippen LogP contribution is -2.10. The highest BCUT2D eigenvalue weighted by atomic mass is 19.4. The van der Waals surface area contributed by atoms with Crippen molar-refractivity contribution in [1.29, 1.82) is 0 Å². The molecule has 0 amide bonds. The fourth-order valence-electron chi connectivity index (χ4n) is 4.02. The number of carbonyl (C=O) groups excluding carboxylic acids is 2. The molecule has 3 aromatic carbocycles. The zero-order valence-electron chi connectivity index (χ0n) is 24.9. The van der Waals surface area contributed by atoms with Crippen LogP contribution in [0.5, 0.6) is 17.2 Å². The van der Waals surface area contributed by atoms with E-state index >= 15 is 0 Å². The van der Waals surface area contributed by atoms with Crippen LogP contribution in [-0.4, -0.2) is 49.0 Å². The molecule has 0 radical (unpaired) electrons. The number of hydrogen-bond acceptors (Lipinski definition) is 9. The lowest BCUT2D eigenvalue weighted by molar-refractivity contribution is -0.138. The number of esters is 2. The van der Waals surface area contributed by atoms with Crippen molar-refractivity contribution in [3.8, 4) is 17.2 Å². The maximum atomic E-state index is 12.4. The molecule has 3 aromatic rings. The number of carbonyl (C=O) groups is 3. The first-order valence-corrected chi connectivity index (χ1v) is 14.4. The highest BCUT2D eigenvalue weighted by Crippen LogP contribution is 2.31. The molecule has 0 heterocycles. The van der Waals surface area contributed by atoms with E-state index in [1.54, 1.807) is 30.3 Å². The molecule has 0 aliphatic rings. The minimum Gasteiger partial charge on any atom is -0.494 e. The van der Waals surface area contributed by atoms with Crippen LogP contribution in [0.4, 0.5) is 24.5 Å². The Balaban J connectivity index is 1.29. The van der Waals surface area contributed by atoms with Gasteiger partial charge in [-0.15, -0.1) is 0 Å². The normalized spacial score (nSPS) is 11.3. The number of unbranched alkanes of at least 4 members (excludes halogenated alkanes) is 3. The van der Waals surface area contributed by atoms with Crippen molar-refractivity contribution in [2.45, 2.75) is 44.7 Å². The number of halogens is 3. The molecular weight excluding hydrogens is 609 g/mol. The van der Waals surface area contributed by atoms with Crippen LogP contribution in [0, 0.1) is 0 Å². The highest BCUT2D eigenvalue weighted by molar-refractivity contribution is 5.98. The summed E-state index contributed by atoms with van der Waals surface area (Å²) < 4.78 is 58.0. The van der Waals surface area contributed by atoms with E-state index < -0.39 is 30.5 Å². The van der Waals surface area contributed by atoms with E-state index in [0.717, 1.165) is 19.3 Å². The zero-order chi connectivity index (χ0) is 33.5. The second-order valence-electron chi connectivity index (χ2n) is 10.1. The third kappa shape index (κ3) is 12.1. The van der Waals surface area contributed by atoms with E-state index in [0.29, 0.717) is 30.1 Å². The van der Waals surface area contributed by atoms with Gasteiger partial charge in [0.25, 0.3) is 0 Å². The minimum absolute atomic E-state index is 0.0295. The summed E-state index contributed by atoms with van der Waals surface area (Å²) in [7, 11) is 0. The molecule has 10 nitrogen and oxygen atoms in total. The molecule has 13 heteroatoms. The number of benzene rings is 3. The van der Waals surface area contributed by atoms with Gasteiger partial charge in [-0.25, -0.2) is 14.4 Å². The van der Waals surface area contributed by atoms with Gasteiger partial charge in [0.15, 0.2) is 0 Å². The number of nitrogens with two attached hydrogens (primary N) is 2. The largest absolute Gasteiger partial charge is 0.494 e. The molecule has 0 saturated heterocycles. The molecule has 246 valence electrons. The summed E-state index contributed by atoms with van der Waals surface area (Å²) in [6, 6.07) is 15.2. The molecule has 3 rings (SSSR count). The molecule has 0 fully saturated rings. The molecule has 0 aliphatic carbocycles. The summed E-state index contributed by atoms with van der Waals surface area (Å²) in [5.41, 5.74) is 12.5. The minimum atomic E-state index is -4.23. The zero-order valence-corrected chi connectivity index (χ0v) is 24.9. The predicted octanol–water partition coefficient (Wildman–Crippen LogP) is 6.69. The van der Waals surface area contributed by atoms with E-state index in [1.165, 1.54) is 42.5 Å². The number of carboxylic acid groups (broad SMARTS) is 1. The van der Waals surface area contributed by atoms with E-state index in [-0.39, 0.29) is 47.9 Å². The van der Waals surface area contributed by atoms with E-state index in [4.69, 9.17) is 35.5 Å². The van der Waals surface area contributed by atoms with Crippen molar-refractivity contribution < 1.29 is 51.6 Å². The highest BCUT2D eigenvalue weighted by Gasteiger charge is 2.26. The number of nitrogen functional groups attached to an aromatic ring is 2. The standard InChI is InChI=1S/C33H35F3N2O8/c34-33(35,36)18-5-21-43-24-13-9-23(10-14-24)32(42)46-25-11-6-22(7-12-25)8-17-28(39)45-20-4-2-1-3-19-44-27-16-15-26(31(40)41)29(37)30(27)38/h6-17H,1-5,18-21,37-38H2,(H,40,41)/b17-8+. The van der Waals surface area contributed by atoms with Gasteiger partial charge >= 0.3 is 24.1 Å². The number of ether oxygens (including phenoxy) is 4. The lowest BCUT2D eigenvalue weighted by Gasteiger charge is -2.12. The Labute approximate surface area is 263 Å². The van der Waals surface area contributed by atoms with Gasteiger partial charge in [0.1, 0.15) is 17.2 Å². The van der Waals surface area contributed by atoms with Crippen LogP contribution in [0.2, 0.25) is 0 Å². The summed E-state index contributed by atoms with van der Waals surface area (Å²) >= 11 is 0. The molecule has 0 spiro atoms. The van der Waals surface area contributed by atoms with Crippen LogP contribution in [0.15, 0.2) is 66.7 Å². The van der Waals surface area contributed by atoms with Gasteiger partial charge in [-0.2, -0.15) is 13.2 Å². The molecule has 0 bridgehead atoms. The van der Waals surface area contributed by atoms with Crippen molar-refractivity contribution in [3.63, 3.8) is 0 Å². The molecule has 0 saturated carbocycles. The third-order valence-corrected chi connectivity index (χ3v) is 6.48. The van der Waals surface area contributed by atoms with E-state index in [2.05, 4.69) is 0 Å². The molecule has 0 unspecified atom stereocenters. The second kappa shape index (κ2) is 17.3. The van der Waals surface area contributed by atoms with Crippen LogP contribution < -0.4 is 25.7 Å². The van der Waals surface area contributed by atoms with Gasteiger partial charge < -0.3 is 35.5 Å². The summed E-state index contributed by atoms with van der Waals surface area (Å²) in [6.07, 6.45) is 0.561. The number of rotatable bonds is 17.